The molecular weight excluding hydrogens is 319 g/mol. The van der Waals surface area contributed by atoms with E-state index >= 15 is 0 Å². The van der Waals surface area contributed by atoms with E-state index in [4.69, 9.17) is 4.74 Å². The van der Waals surface area contributed by atoms with Gasteiger partial charge in [0, 0.05) is 11.1 Å². The minimum Gasteiger partial charge on any atom is -0.421 e. The van der Waals surface area contributed by atoms with E-state index in [2.05, 4.69) is 4.98 Å². The summed E-state index contributed by atoms with van der Waals surface area (Å²) in [4.78, 5) is 16.5. The number of carbonyl (C=O) groups excluding carboxylic acids is 1. The van der Waals surface area contributed by atoms with Crippen LogP contribution in [-0.2, 0) is 6.18 Å². The Kier molecular flexibility index (Phi) is 3.97. The van der Waals surface area contributed by atoms with Crippen LogP contribution in [0.4, 0.5) is 13.2 Å². The number of rotatable bonds is 2. The highest BCUT2D eigenvalue weighted by atomic mass is 19.4. The number of aromatic nitrogens is 1. The normalized spacial score (nSPS) is 11.5. The van der Waals surface area contributed by atoms with Crippen LogP contribution < -0.4 is 4.74 Å². The fourth-order valence-electron chi connectivity index (χ4n) is 2.28. The van der Waals surface area contributed by atoms with Gasteiger partial charge in [-0.15, -0.1) is 0 Å². The molecule has 0 spiro atoms. The Bertz CT molecular complexity index is 920. The van der Waals surface area contributed by atoms with Crippen LogP contribution in [0.2, 0.25) is 0 Å². The van der Waals surface area contributed by atoms with E-state index < -0.39 is 17.7 Å². The van der Waals surface area contributed by atoms with Crippen molar-refractivity contribution >= 4 is 16.9 Å². The molecule has 24 heavy (non-hydrogen) atoms. The fourth-order valence-corrected chi connectivity index (χ4v) is 2.28. The summed E-state index contributed by atoms with van der Waals surface area (Å²) in [7, 11) is 0. The number of pyridine rings is 1. The number of aryl methyl sites for hydroxylation is 1. The Morgan fingerprint density at radius 2 is 1.79 bits per heavy atom. The van der Waals surface area contributed by atoms with E-state index in [1.165, 1.54) is 12.1 Å². The molecule has 1 aromatic heterocycles. The van der Waals surface area contributed by atoms with Gasteiger partial charge >= 0.3 is 12.1 Å². The molecule has 0 atom stereocenters. The van der Waals surface area contributed by atoms with E-state index in [9.17, 15) is 18.0 Å². The lowest BCUT2D eigenvalue weighted by Crippen LogP contribution is -2.12. The van der Waals surface area contributed by atoms with Crippen LogP contribution in [0.3, 0.4) is 0 Å². The van der Waals surface area contributed by atoms with Crippen molar-refractivity contribution in [3.05, 3.63) is 71.4 Å². The van der Waals surface area contributed by atoms with Crippen molar-refractivity contribution in [1.29, 1.82) is 0 Å². The first kappa shape index (κ1) is 16.0. The summed E-state index contributed by atoms with van der Waals surface area (Å²) in [6.45, 7) is 1.80. The van der Waals surface area contributed by atoms with Crippen molar-refractivity contribution in [2.45, 2.75) is 13.1 Å². The lowest BCUT2D eigenvalue weighted by Gasteiger charge is -2.10. The van der Waals surface area contributed by atoms with Gasteiger partial charge < -0.3 is 4.74 Å². The minimum absolute atomic E-state index is 0.172. The zero-order valence-electron chi connectivity index (χ0n) is 12.6. The van der Waals surface area contributed by atoms with E-state index in [1.807, 2.05) is 18.2 Å². The summed E-state index contributed by atoms with van der Waals surface area (Å²) in [6.07, 6.45) is -4.52. The summed E-state index contributed by atoms with van der Waals surface area (Å²) < 4.78 is 43.5. The lowest BCUT2D eigenvalue weighted by molar-refractivity contribution is -0.137. The number of fused-ring (bicyclic) bond motifs is 1. The Balaban J connectivity index is 1.95. The zero-order valence-corrected chi connectivity index (χ0v) is 12.6. The molecule has 0 N–H and O–H groups in total. The van der Waals surface area contributed by atoms with Gasteiger partial charge in [-0.1, -0.05) is 24.3 Å². The molecule has 0 fully saturated rings. The Morgan fingerprint density at radius 3 is 2.54 bits per heavy atom. The van der Waals surface area contributed by atoms with Gasteiger partial charge in [0.1, 0.15) is 5.52 Å². The monoisotopic (exact) mass is 331 g/mol. The first-order chi connectivity index (χ1) is 11.3. The van der Waals surface area contributed by atoms with Gasteiger partial charge in [0.15, 0.2) is 5.75 Å². The maximum absolute atomic E-state index is 12.7. The molecule has 0 aliphatic heterocycles. The minimum atomic E-state index is -4.52. The van der Waals surface area contributed by atoms with Crippen LogP contribution in [-0.4, -0.2) is 11.0 Å². The average Bonchev–Trinajstić information content (AvgIpc) is 2.55. The van der Waals surface area contributed by atoms with Crippen LogP contribution >= 0.6 is 0 Å². The summed E-state index contributed by atoms with van der Waals surface area (Å²) in [6, 6.07) is 12.8. The SMILES string of the molecule is Cc1ccc2cccc(OC(=O)c3cccc(C(F)(F)F)c3)c2n1. The van der Waals surface area contributed by atoms with Gasteiger partial charge in [0.2, 0.25) is 0 Å². The van der Waals surface area contributed by atoms with Crippen molar-refractivity contribution in [2.24, 2.45) is 0 Å². The maximum Gasteiger partial charge on any atom is 0.416 e. The molecule has 6 heteroatoms. The average molecular weight is 331 g/mol. The molecule has 0 amide bonds. The summed E-state index contributed by atoms with van der Waals surface area (Å²) in [5, 5.41) is 0.773. The van der Waals surface area contributed by atoms with Crippen molar-refractivity contribution in [3.8, 4) is 5.75 Å². The number of hydrogen-bond acceptors (Lipinski definition) is 3. The molecular formula is C18H12F3NO2. The highest BCUT2D eigenvalue weighted by Gasteiger charge is 2.31. The molecule has 0 radical (unpaired) electrons. The van der Waals surface area contributed by atoms with Crippen LogP contribution in [0.5, 0.6) is 5.75 Å². The third kappa shape index (κ3) is 3.22. The molecule has 2 aromatic carbocycles. The van der Waals surface area contributed by atoms with Crippen molar-refractivity contribution in [2.75, 3.05) is 0 Å². The predicted octanol–water partition coefficient (Wildman–Crippen LogP) is 4.78. The quantitative estimate of drug-likeness (QED) is 0.501. The van der Waals surface area contributed by atoms with E-state index in [0.717, 1.165) is 23.2 Å². The second kappa shape index (κ2) is 5.96. The van der Waals surface area contributed by atoms with Gasteiger partial charge in [0.25, 0.3) is 0 Å². The molecule has 3 nitrogen and oxygen atoms in total. The van der Waals surface area contributed by atoms with Crippen molar-refractivity contribution < 1.29 is 22.7 Å². The molecule has 0 saturated heterocycles. The van der Waals surface area contributed by atoms with Gasteiger partial charge in [-0.05, 0) is 37.3 Å². The summed E-state index contributed by atoms with van der Waals surface area (Å²) in [5.41, 5.74) is 0.154. The fraction of sp³-hybridized carbons (Fsp3) is 0.111. The molecule has 3 aromatic rings. The number of esters is 1. The predicted molar refractivity (Wildman–Crippen MR) is 82.9 cm³/mol. The molecule has 0 saturated carbocycles. The number of halogens is 3. The van der Waals surface area contributed by atoms with Gasteiger partial charge in [-0.3, -0.25) is 0 Å². The first-order valence-electron chi connectivity index (χ1n) is 7.10. The van der Waals surface area contributed by atoms with Crippen LogP contribution in [0.15, 0.2) is 54.6 Å². The van der Waals surface area contributed by atoms with E-state index in [0.29, 0.717) is 5.52 Å². The van der Waals surface area contributed by atoms with Crippen LogP contribution in [0.1, 0.15) is 21.6 Å². The number of carbonyl (C=O) groups is 1. The molecule has 0 aliphatic carbocycles. The maximum atomic E-state index is 12.7. The molecule has 0 unspecified atom stereocenters. The van der Waals surface area contributed by atoms with Gasteiger partial charge in [0.05, 0.1) is 11.1 Å². The van der Waals surface area contributed by atoms with Crippen molar-refractivity contribution in [1.82, 2.24) is 4.98 Å². The second-order valence-corrected chi connectivity index (χ2v) is 5.25. The zero-order chi connectivity index (χ0) is 17.3. The highest BCUT2D eigenvalue weighted by molar-refractivity contribution is 5.94. The largest absolute Gasteiger partial charge is 0.421 e. The highest BCUT2D eigenvalue weighted by Crippen LogP contribution is 2.30. The standard InChI is InChI=1S/C18H12F3NO2/c1-11-8-9-12-4-3-7-15(16(12)22-11)24-17(23)13-5-2-6-14(10-13)18(19,20)21/h2-10H,1H3. The Labute approximate surface area is 135 Å². The lowest BCUT2D eigenvalue weighted by atomic mass is 10.1. The molecule has 122 valence electrons. The molecule has 1 heterocycles. The molecule has 3 rings (SSSR count). The topological polar surface area (TPSA) is 39.2 Å². The number of ether oxygens (including phenoxy) is 1. The Morgan fingerprint density at radius 1 is 1.04 bits per heavy atom. The number of benzene rings is 2. The third-order valence-electron chi connectivity index (χ3n) is 3.45. The number of alkyl halides is 3. The number of hydrogen-bond donors (Lipinski definition) is 0. The van der Waals surface area contributed by atoms with Gasteiger partial charge in [-0.25, -0.2) is 9.78 Å². The number of nitrogens with zero attached hydrogens (tertiary/aromatic N) is 1. The van der Waals surface area contributed by atoms with Crippen molar-refractivity contribution in [3.63, 3.8) is 0 Å². The van der Waals surface area contributed by atoms with Crippen LogP contribution in [0.25, 0.3) is 10.9 Å². The van der Waals surface area contributed by atoms with Gasteiger partial charge in [-0.2, -0.15) is 13.2 Å². The molecule has 0 bridgehead atoms. The van der Waals surface area contributed by atoms with E-state index in [1.54, 1.807) is 19.1 Å². The molecule has 0 aliphatic rings. The van der Waals surface area contributed by atoms with E-state index in [-0.39, 0.29) is 11.3 Å². The third-order valence-corrected chi connectivity index (χ3v) is 3.45. The number of para-hydroxylation sites is 1. The smallest absolute Gasteiger partial charge is 0.416 e. The first-order valence-corrected chi connectivity index (χ1v) is 7.10. The summed E-state index contributed by atoms with van der Waals surface area (Å²) >= 11 is 0. The summed E-state index contributed by atoms with van der Waals surface area (Å²) in [5.74, 6) is -0.657. The van der Waals surface area contributed by atoms with Crippen LogP contribution in [0, 0.1) is 6.92 Å². The Hall–Kier alpha value is -2.89. The second-order valence-electron chi connectivity index (χ2n) is 5.25.